The van der Waals surface area contributed by atoms with Crippen LogP contribution in [0.15, 0.2) is 12.3 Å². The third-order valence-corrected chi connectivity index (χ3v) is 1.55. The fourth-order valence-corrected chi connectivity index (χ4v) is 0.908. The average molecular weight is 197 g/mol. The van der Waals surface area contributed by atoms with Gasteiger partial charge < -0.3 is 10.4 Å². The molecule has 1 amide bonds. The van der Waals surface area contributed by atoms with Crippen molar-refractivity contribution in [3.05, 3.63) is 12.3 Å². The summed E-state index contributed by atoms with van der Waals surface area (Å²) in [6.45, 7) is 0. The molecule has 6 nitrogen and oxygen atoms in total. The lowest BCUT2D eigenvalue weighted by Crippen LogP contribution is -2.13. The maximum absolute atomic E-state index is 11.1. The highest BCUT2D eigenvalue weighted by Crippen LogP contribution is 2.02. The number of aryl methyl sites for hydroxylation is 1. The van der Waals surface area contributed by atoms with Gasteiger partial charge in [0.05, 0.1) is 6.42 Å². The number of carbonyl (C=O) groups is 2. The minimum Gasteiger partial charge on any atom is -0.481 e. The zero-order valence-corrected chi connectivity index (χ0v) is 7.73. The highest BCUT2D eigenvalue weighted by Gasteiger charge is 2.06. The van der Waals surface area contributed by atoms with Gasteiger partial charge in [-0.15, -0.1) is 0 Å². The second-order valence-electron chi connectivity index (χ2n) is 2.82. The first-order valence-electron chi connectivity index (χ1n) is 4.09. The van der Waals surface area contributed by atoms with Crippen LogP contribution in [0.5, 0.6) is 0 Å². The summed E-state index contributed by atoms with van der Waals surface area (Å²) in [4.78, 5) is 21.3. The molecule has 1 heterocycles. The molecule has 0 aliphatic carbocycles. The summed E-state index contributed by atoms with van der Waals surface area (Å²) < 4.78 is 1.55. The van der Waals surface area contributed by atoms with Crippen LogP contribution >= 0.6 is 0 Å². The molecule has 0 spiro atoms. The van der Waals surface area contributed by atoms with Gasteiger partial charge in [-0.2, -0.15) is 5.10 Å². The number of carbonyl (C=O) groups excluding carboxylic acids is 1. The van der Waals surface area contributed by atoms with E-state index in [9.17, 15) is 9.59 Å². The third kappa shape index (κ3) is 3.26. The van der Waals surface area contributed by atoms with Crippen molar-refractivity contribution in [2.75, 3.05) is 5.32 Å². The van der Waals surface area contributed by atoms with E-state index >= 15 is 0 Å². The van der Waals surface area contributed by atoms with Gasteiger partial charge in [-0.1, -0.05) is 0 Å². The number of hydrogen-bond donors (Lipinski definition) is 2. The Hall–Kier alpha value is -1.85. The van der Waals surface area contributed by atoms with Crippen LogP contribution in [0.3, 0.4) is 0 Å². The maximum atomic E-state index is 11.1. The van der Waals surface area contributed by atoms with Crippen LogP contribution in [0.2, 0.25) is 0 Å². The summed E-state index contributed by atoms with van der Waals surface area (Å²) in [6, 6.07) is 1.64. The van der Waals surface area contributed by atoms with Gasteiger partial charge in [0.1, 0.15) is 0 Å². The summed E-state index contributed by atoms with van der Waals surface area (Å²) in [5, 5.41) is 14.7. The van der Waals surface area contributed by atoms with Crippen molar-refractivity contribution in [3.63, 3.8) is 0 Å². The Morgan fingerprint density at radius 2 is 2.29 bits per heavy atom. The van der Waals surface area contributed by atoms with E-state index in [0.717, 1.165) is 0 Å². The summed E-state index contributed by atoms with van der Waals surface area (Å²) in [7, 11) is 1.73. The van der Waals surface area contributed by atoms with Crippen LogP contribution in [-0.2, 0) is 16.6 Å². The molecule has 2 N–H and O–H groups in total. The predicted octanol–water partition coefficient (Wildman–Crippen LogP) is 0.223. The smallest absolute Gasteiger partial charge is 0.303 e. The van der Waals surface area contributed by atoms with Crippen LogP contribution in [0, 0.1) is 0 Å². The van der Waals surface area contributed by atoms with Crippen LogP contribution in [0.4, 0.5) is 5.82 Å². The molecule has 0 unspecified atom stereocenters. The Kier molecular flexibility index (Phi) is 3.22. The molecule has 0 aliphatic rings. The second-order valence-corrected chi connectivity index (χ2v) is 2.82. The van der Waals surface area contributed by atoms with Crippen LogP contribution in [0.1, 0.15) is 12.8 Å². The Bertz CT molecular complexity index is 345. The number of anilines is 1. The highest BCUT2D eigenvalue weighted by atomic mass is 16.4. The average Bonchev–Trinajstić information content (AvgIpc) is 2.48. The number of hydrogen-bond acceptors (Lipinski definition) is 3. The van der Waals surface area contributed by atoms with Crippen molar-refractivity contribution in [1.29, 1.82) is 0 Å². The first-order valence-corrected chi connectivity index (χ1v) is 4.09. The molecular weight excluding hydrogens is 186 g/mol. The lowest BCUT2D eigenvalue weighted by atomic mass is 10.3. The van der Waals surface area contributed by atoms with E-state index in [2.05, 4.69) is 10.4 Å². The van der Waals surface area contributed by atoms with Crippen molar-refractivity contribution in [3.8, 4) is 0 Å². The minimum absolute atomic E-state index is 0.0358. The van der Waals surface area contributed by atoms with Gasteiger partial charge in [0.2, 0.25) is 5.91 Å². The fraction of sp³-hybridized carbons (Fsp3) is 0.375. The van der Waals surface area contributed by atoms with Gasteiger partial charge in [0.25, 0.3) is 0 Å². The number of aromatic nitrogens is 2. The van der Waals surface area contributed by atoms with Gasteiger partial charge in [-0.05, 0) is 0 Å². The third-order valence-electron chi connectivity index (χ3n) is 1.55. The Labute approximate surface area is 80.5 Å². The number of nitrogens with zero attached hydrogens (tertiary/aromatic N) is 2. The molecule has 0 fully saturated rings. The molecule has 6 heteroatoms. The van der Waals surface area contributed by atoms with E-state index in [1.807, 2.05) is 0 Å². The first kappa shape index (κ1) is 10.2. The molecular formula is C8H11N3O3. The molecule has 76 valence electrons. The summed E-state index contributed by atoms with van der Waals surface area (Å²) in [5.74, 6) is -0.893. The first-order chi connectivity index (χ1) is 6.58. The molecule has 0 radical (unpaired) electrons. The Balaban J connectivity index is 2.37. The Morgan fingerprint density at radius 1 is 1.57 bits per heavy atom. The van der Waals surface area contributed by atoms with E-state index in [4.69, 9.17) is 5.11 Å². The largest absolute Gasteiger partial charge is 0.481 e. The van der Waals surface area contributed by atoms with Crippen molar-refractivity contribution in [2.24, 2.45) is 7.05 Å². The number of aliphatic carboxylic acids is 1. The standard InChI is InChI=1S/C8H11N3O3/c1-11-5-4-6(10-11)9-7(12)2-3-8(13)14/h4-5H,2-3H2,1H3,(H,13,14)(H,9,10,12). The number of carboxylic acids is 1. The van der Waals surface area contributed by atoms with Gasteiger partial charge in [0, 0.05) is 25.7 Å². The van der Waals surface area contributed by atoms with E-state index in [0.29, 0.717) is 5.82 Å². The van der Waals surface area contributed by atoms with Crippen molar-refractivity contribution in [1.82, 2.24) is 9.78 Å². The maximum Gasteiger partial charge on any atom is 0.303 e. The van der Waals surface area contributed by atoms with E-state index in [1.54, 1.807) is 24.0 Å². The topological polar surface area (TPSA) is 84.2 Å². The van der Waals surface area contributed by atoms with Crippen molar-refractivity contribution >= 4 is 17.7 Å². The summed E-state index contributed by atoms with van der Waals surface area (Å²) >= 11 is 0. The molecule has 0 bridgehead atoms. The van der Waals surface area contributed by atoms with E-state index in [-0.39, 0.29) is 18.7 Å². The van der Waals surface area contributed by atoms with Gasteiger partial charge in [0.15, 0.2) is 5.82 Å². The number of carboxylic acid groups (broad SMARTS) is 1. The predicted molar refractivity (Wildman–Crippen MR) is 48.7 cm³/mol. The normalized spacial score (nSPS) is 9.79. The molecule has 0 saturated carbocycles. The Morgan fingerprint density at radius 3 is 2.79 bits per heavy atom. The zero-order valence-electron chi connectivity index (χ0n) is 7.73. The molecule has 1 aromatic heterocycles. The second kappa shape index (κ2) is 4.40. The lowest BCUT2D eigenvalue weighted by Gasteiger charge is -1.98. The van der Waals surface area contributed by atoms with Gasteiger partial charge in [-0.3, -0.25) is 14.3 Å². The summed E-state index contributed by atoms with van der Waals surface area (Å²) in [5.41, 5.74) is 0. The van der Waals surface area contributed by atoms with Gasteiger partial charge >= 0.3 is 5.97 Å². The summed E-state index contributed by atoms with van der Waals surface area (Å²) in [6.07, 6.45) is 1.48. The van der Waals surface area contributed by atoms with Crippen LogP contribution in [0.25, 0.3) is 0 Å². The van der Waals surface area contributed by atoms with Crippen molar-refractivity contribution in [2.45, 2.75) is 12.8 Å². The number of rotatable bonds is 4. The quantitative estimate of drug-likeness (QED) is 0.723. The van der Waals surface area contributed by atoms with Gasteiger partial charge in [-0.25, -0.2) is 0 Å². The number of amides is 1. The minimum atomic E-state index is -0.985. The van der Waals surface area contributed by atoms with Crippen LogP contribution in [-0.4, -0.2) is 26.8 Å². The molecule has 1 aromatic rings. The fourth-order valence-electron chi connectivity index (χ4n) is 0.908. The lowest BCUT2D eigenvalue weighted by molar-refractivity contribution is -0.138. The highest BCUT2D eigenvalue weighted by molar-refractivity contribution is 5.91. The van der Waals surface area contributed by atoms with Crippen molar-refractivity contribution < 1.29 is 14.7 Å². The molecule has 0 aliphatic heterocycles. The zero-order chi connectivity index (χ0) is 10.6. The molecule has 14 heavy (non-hydrogen) atoms. The molecule has 0 atom stereocenters. The van der Waals surface area contributed by atoms with E-state index < -0.39 is 5.97 Å². The number of nitrogens with one attached hydrogen (secondary N) is 1. The monoisotopic (exact) mass is 197 g/mol. The SMILES string of the molecule is Cn1ccc(NC(=O)CCC(=O)O)n1. The molecule has 1 rings (SSSR count). The molecule has 0 saturated heterocycles. The van der Waals surface area contributed by atoms with Crippen LogP contribution < -0.4 is 5.32 Å². The van der Waals surface area contributed by atoms with E-state index in [1.165, 1.54) is 0 Å². The molecule has 0 aromatic carbocycles.